The van der Waals surface area contributed by atoms with Crippen molar-refractivity contribution in [3.05, 3.63) is 24.0 Å². The van der Waals surface area contributed by atoms with Gasteiger partial charge in [0.2, 0.25) is 0 Å². The number of hydrogen-bond acceptors (Lipinski definition) is 4. The SMILES string of the molecule is O=C(O)C(O)c1c(O)ccc2[nH]cnc12. The van der Waals surface area contributed by atoms with E-state index in [4.69, 9.17) is 5.11 Å². The van der Waals surface area contributed by atoms with E-state index in [9.17, 15) is 15.0 Å². The van der Waals surface area contributed by atoms with Gasteiger partial charge in [-0.2, -0.15) is 0 Å². The zero-order valence-electron chi connectivity index (χ0n) is 7.51. The van der Waals surface area contributed by atoms with Gasteiger partial charge in [-0.25, -0.2) is 9.78 Å². The fourth-order valence-corrected chi connectivity index (χ4v) is 1.41. The van der Waals surface area contributed by atoms with Crippen LogP contribution < -0.4 is 0 Å². The Hall–Kier alpha value is -2.08. The lowest BCUT2D eigenvalue weighted by Gasteiger charge is -2.08. The second-order valence-electron chi connectivity index (χ2n) is 3.04. The molecule has 0 saturated heterocycles. The first-order valence-corrected chi connectivity index (χ1v) is 4.17. The van der Waals surface area contributed by atoms with Gasteiger partial charge < -0.3 is 20.3 Å². The number of hydrogen-bond donors (Lipinski definition) is 4. The molecule has 1 aromatic heterocycles. The third-order valence-electron chi connectivity index (χ3n) is 2.12. The number of carboxylic acid groups (broad SMARTS) is 1. The standard InChI is InChI=1S/C9H8N2O4/c12-5-2-1-4-7(11-3-10-4)6(5)8(13)9(14)15/h1-3,8,12-13H,(H,10,11)(H,14,15). The van der Waals surface area contributed by atoms with E-state index in [2.05, 4.69) is 9.97 Å². The van der Waals surface area contributed by atoms with Crippen molar-refractivity contribution in [3.63, 3.8) is 0 Å². The van der Waals surface area contributed by atoms with E-state index in [-0.39, 0.29) is 16.8 Å². The smallest absolute Gasteiger partial charge is 0.337 e. The van der Waals surface area contributed by atoms with Crippen LogP contribution in [0.3, 0.4) is 0 Å². The summed E-state index contributed by atoms with van der Waals surface area (Å²) in [6.45, 7) is 0. The van der Waals surface area contributed by atoms with Crippen LogP contribution >= 0.6 is 0 Å². The summed E-state index contributed by atoms with van der Waals surface area (Å²) in [5.41, 5.74) is 0.717. The number of nitrogens with one attached hydrogen (secondary N) is 1. The van der Waals surface area contributed by atoms with Gasteiger partial charge in [0.1, 0.15) is 5.75 Å². The molecular formula is C9H8N2O4. The van der Waals surface area contributed by atoms with Gasteiger partial charge >= 0.3 is 5.97 Å². The molecule has 0 amide bonds. The van der Waals surface area contributed by atoms with E-state index in [1.54, 1.807) is 6.07 Å². The van der Waals surface area contributed by atoms with Gasteiger partial charge in [-0.1, -0.05) is 0 Å². The maximum Gasteiger partial charge on any atom is 0.337 e. The van der Waals surface area contributed by atoms with Crippen LogP contribution in [-0.4, -0.2) is 31.3 Å². The number of aliphatic hydroxyl groups is 1. The molecule has 1 aromatic carbocycles. The molecule has 0 radical (unpaired) electrons. The Labute approximate surface area is 83.8 Å². The molecule has 0 aliphatic rings. The Morgan fingerprint density at radius 3 is 2.87 bits per heavy atom. The highest BCUT2D eigenvalue weighted by Gasteiger charge is 2.23. The fraction of sp³-hybridized carbons (Fsp3) is 0.111. The van der Waals surface area contributed by atoms with E-state index in [1.165, 1.54) is 12.4 Å². The summed E-state index contributed by atoms with van der Waals surface area (Å²) in [5.74, 6) is -1.72. The number of fused-ring (bicyclic) bond motifs is 1. The number of rotatable bonds is 2. The van der Waals surface area contributed by atoms with Gasteiger partial charge in [0, 0.05) is 0 Å². The van der Waals surface area contributed by atoms with Crippen LogP contribution in [0, 0.1) is 0 Å². The third kappa shape index (κ3) is 1.40. The molecule has 15 heavy (non-hydrogen) atoms. The molecular weight excluding hydrogens is 200 g/mol. The average molecular weight is 208 g/mol. The molecule has 0 spiro atoms. The molecule has 78 valence electrons. The predicted molar refractivity (Wildman–Crippen MR) is 50.4 cm³/mol. The molecule has 6 nitrogen and oxygen atoms in total. The van der Waals surface area contributed by atoms with Gasteiger partial charge in [-0.05, 0) is 12.1 Å². The Morgan fingerprint density at radius 2 is 2.20 bits per heavy atom. The number of benzene rings is 1. The predicted octanol–water partition coefficient (Wildman–Crippen LogP) is 0.386. The van der Waals surface area contributed by atoms with Gasteiger partial charge in [0.15, 0.2) is 6.10 Å². The van der Waals surface area contributed by atoms with Crippen LogP contribution in [0.15, 0.2) is 18.5 Å². The van der Waals surface area contributed by atoms with Crippen LogP contribution in [0.4, 0.5) is 0 Å². The van der Waals surface area contributed by atoms with E-state index in [0.717, 1.165) is 0 Å². The van der Waals surface area contributed by atoms with Crippen molar-refractivity contribution in [2.45, 2.75) is 6.10 Å². The molecule has 4 N–H and O–H groups in total. The van der Waals surface area contributed by atoms with Crippen molar-refractivity contribution in [2.24, 2.45) is 0 Å². The van der Waals surface area contributed by atoms with Crippen LogP contribution in [0.25, 0.3) is 11.0 Å². The maximum absolute atomic E-state index is 10.6. The zero-order chi connectivity index (χ0) is 11.0. The van der Waals surface area contributed by atoms with Gasteiger partial charge in [0.05, 0.1) is 22.9 Å². The largest absolute Gasteiger partial charge is 0.507 e. The quantitative estimate of drug-likeness (QED) is 0.571. The number of aromatic hydroxyl groups is 1. The lowest BCUT2D eigenvalue weighted by Crippen LogP contribution is -2.11. The summed E-state index contributed by atoms with van der Waals surface area (Å²) in [6, 6.07) is 2.86. The van der Waals surface area contributed by atoms with Crippen molar-refractivity contribution in [1.29, 1.82) is 0 Å². The highest BCUT2D eigenvalue weighted by molar-refractivity contribution is 5.87. The topological polar surface area (TPSA) is 106 Å². The number of aliphatic carboxylic acids is 1. The Kier molecular flexibility index (Phi) is 2.05. The highest BCUT2D eigenvalue weighted by Crippen LogP contribution is 2.30. The number of carboxylic acids is 1. The number of carbonyl (C=O) groups is 1. The number of H-pyrrole nitrogens is 1. The number of phenolic OH excluding ortho intramolecular Hbond substituents is 1. The number of imidazole rings is 1. The first-order valence-electron chi connectivity index (χ1n) is 4.17. The molecule has 0 fully saturated rings. The molecule has 1 atom stereocenters. The highest BCUT2D eigenvalue weighted by atomic mass is 16.4. The summed E-state index contributed by atoms with van der Waals surface area (Å²) < 4.78 is 0. The van der Waals surface area contributed by atoms with Crippen molar-refractivity contribution < 1.29 is 20.1 Å². The fourth-order valence-electron chi connectivity index (χ4n) is 1.41. The van der Waals surface area contributed by atoms with Gasteiger partial charge in [-0.3, -0.25) is 0 Å². The Morgan fingerprint density at radius 1 is 1.47 bits per heavy atom. The van der Waals surface area contributed by atoms with Crippen molar-refractivity contribution in [2.75, 3.05) is 0 Å². The lowest BCUT2D eigenvalue weighted by molar-refractivity contribution is -0.147. The number of aromatic nitrogens is 2. The molecule has 2 aromatic rings. The lowest BCUT2D eigenvalue weighted by atomic mass is 10.1. The second kappa shape index (κ2) is 3.25. The van der Waals surface area contributed by atoms with Crippen LogP contribution in [0.1, 0.15) is 11.7 Å². The molecule has 2 rings (SSSR count). The maximum atomic E-state index is 10.6. The van der Waals surface area contributed by atoms with Crippen molar-refractivity contribution >= 4 is 17.0 Å². The first kappa shape index (κ1) is 9.47. The van der Waals surface area contributed by atoms with Crippen LogP contribution in [0.2, 0.25) is 0 Å². The molecule has 1 heterocycles. The summed E-state index contributed by atoms with van der Waals surface area (Å²) in [7, 11) is 0. The van der Waals surface area contributed by atoms with Gasteiger partial charge in [0.25, 0.3) is 0 Å². The van der Waals surface area contributed by atoms with E-state index in [1.807, 2.05) is 0 Å². The summed E-state index contributed by atoms with van der Waals surface area (Å²) in [4.78, 5) is 17.2. The summed E-state index contributed by atoms with van der Waals surface area (Å²) >= 11 is 0. The average Bonchev–Trinajstić information content (AvgIpc) is 2.64. The van der Waals surface area contributed by atoms with Crippen LogP contribution in [0.5, 0.6) is 5.75 Å². The molecule has 1 unspecified atom stereocenters. The van der Waals surface area contributed by atoms with Crippen molar-refractivity contribution in [3.8, 4) is 5.75 Å². The Balaban J connectivity index is 2.71. The zero-order valence-corrected chi connectivity index (χ0v) is 7.51. The molecule has 0 aliphatic carbocycles. The molecule has 6 heteroatoms. The van der Waals surface area contributed by atoms with Crippen LogP contribution in [-0.2, 0) is 4.79 Å². The van der Waals surface area contributed by atoms with Crippen molar-refractivity contribution in [1.82, 2.24) is 9.97 Å². The van der Waals surface area contributed by atoms with E-state index in [0.29, 0.717) is 5.52 Å². The minimum atomic E-state index is -1.78. The monoisotopic (exact) mass is 208 g/mol. The molecule has 0 saturated carbocycles. The minimum Gasteiger partial charge on any atom is -0.507 e. The first-order chi connectivity index (χ1) is 7.11. The number of nitrogens with zero attached hydrogens (tertiary/aromatic N) is 1. The third-order valence-corrected chi connectivity index (χ3v) is 2.12. The number of phenols is 1. The minimum absolute atomic E-state index is 0.0961. The second-order valence-corrected chi connectivity index (χ2v) is 3.04. The normalized spacial score (nSPS) is 12.9. The summed E-state index contributed by atoms with van der Waals surface area (Å²) in [6.07, 6.45) is -0.417. The molecule has 0 aliphatic heterocycles. The van der Waals surface area contributed by atoms with E-state index < -0.39 is 12.1 Å². The molecule has 0 bridgehead atoms. The number of aromatic amines is 1. The summed E-state index contributed by atoms with van der Waals surface area (Å²) in [5, 5.41) is 27.5. The number of aliphatic hydroxyl groups excluding tert-OH is 1. The van der Waals surface area contributed by atoms with E-state index >= 15 is 0 Å². The Bertz CT molecular complexity index is 520. The van der Waals surface area contributed by atoms with Gasteiger partial charge in [-0.15, -0.1) is 0 Å².